The van der Waals surface area contributed by atoms with Gasteiger partial charge < -0.3 is 29.9 Å². The van der Waals surface area contributed by atoms with Gasteiger partial charge in [0.25, 0.3) is 0 Å². The zero-order valence-electron chi connectivity index (χ0n) is 15.5. The number of aliphatic hydroxyl groups excluding tert-OH is 4. The van der Waals surface area contributed by atoms with Crippen molar-refractivity contribution >= 4 is 0 Å². The Labute approximate surface area is 145 Å². The minimum atomic E-state index is -1.09. The molecule has 0 aliphatic heterocycles. The summed E-state index contributed by atoms with van der Waals surface area (Å²) in [6.07, 6.45) is -0.487. The molecule has 0 aromatic carbocycles. The number of methoxy groups -OCH3 is 1. The molecule has 0 aromatic rings. The molecule has 1 fully saturated rings. The molecule has 0 bridgehead atoms. The summed E-state index contributed by atoms with van der Waals surface area (Å²) in [5, 5.41) is 39.9. The smallest absolute Gasteiger partial charge is 0.109 e. The van der Waals surface area contributed by atoms with Crippen molar-refractivity contribution in [2.75, 3.05) is 20.3 Å². The zero-order valence-corrected chi connectivity index (χ0v) is 15.5. The first kappa shape index (κ1) is 21.8. The van der Waals surface area contributed by atoms with E-state index in [0.717, 1.165) is 12.8 Å². The van der Waals surface area contributed by atoms with Gasteiger partial charge in [-0.3, -0.25) is 0 Å². The van der Waals surface area contributed by atoms with E-state index in [2.05, 4.69) is 13.8 Å². The van der Waals surface area contributed by atoms with Crippen molar-refractivity contribution in [2.24, 2.45) is 17.8 Å². The van der Waals surface area contributed by atoms with E-state index < -0.39 is 24.4 Å². The molecule has 0 saturated heterocycles. The molecule has 8 atom stereocenters. The summed E-state index contributed by atoms with van der Waals surface area (Å²) in [5.74, 6) is 0.254. The molecule has 4 N–H and O–H groups in total. The zero-order chi connectivity index (χ0) is 18.3. The lowest BCUT2D eigenvalue weighted by atomic mass is 9.80. The van der Waals surface area contributed by atoms with E-state index >= 15 is 0 Å². The Bertz CT molecular complexity index is 337. The third-order valence-corrected chi connectivity index (χ3v) is 5.66. The van der Waals surface area contributed by atoms with Gasteiger partial charge in [0.2, 0.25) is 0 Å². The van der Waals surface area contributed by atoms with Crippen LogP contribution in [0, 0.1) is 17.8 Å². The number of hydrogen-bond acceptors (Lipinski definition) is 6. The highest BCUT2D eigenvalue weighted by Crippen LogP contribution is 2.32. The van der Waals surface area contributed by atoms with E-state index in [1.165, 1.54) is 7.11 Å². The van der Waals surface area contributed by atoms with Crippen LogP contribution in [-0.4, -0.2) is 71.3 Å². The number of ether oxygens (including phenoxy) is 2. The molecule has 1 aliphatic rings. The largest absolute Gasteiger partial charge is 0.396 e. The van der Waals surface area contributed by atoms with Crippen molar-refractivity contribution < 1.29 is 29.9 Å². The second-order valence-electron chi connectivity index (χ2n) is 7.13. The normalized spacial score (nSPS) is 34.8. The Balaban J connectivity index is 2.77. The van der Waals surface area contributed by atoms with Crippen molar-refractivity contribution in [1.29, 1.82) is 0 Å². The third kappa shape index (κ3) is 5.38. The highest BCUT2D eigenvalue weighted by molar-refractivity contribution is 4.94. The summed E-state index contributed by atoms with van der Waals surface area (Å²) in [7, 11) is 1.49. The molecule has 8 unspecified atom stereocenters. The molecule has 1 aliphatic carbocycles. The van der Waals surface area contributed by atoms with Gasteiger partial charge >= 0.3 is 0 Å². The van der Waals surface area contributed by atoms with E-state index in [0.29, 0.717) is 18.8 Å². The summed E-state index contributed by atoms with van der Waals surface area (Å²) in [4.78, 5) is 0. The van der Waals surface area contributed by atoms with Gasteiger partial charge in [-0.1, -0.05) is 27.2 Å². The molecule has 1 saturated carbocycles. The molecule has 144 valence electrons. The molecule has 0 amide bonds. The van der Waals surface area contributed by atoms with Crippen LogP contribution >= 0.6 is 0 Å². The summed E-state index contributed by atoms with van der Waals surface area (Å²) < 4.78 is 11.3. The molecule has 24 heavy (non-hydrogen) atoms. The van der Waals surface area contributed by atoms with Crippen molar-refractivity contribution in [3.05, 3.63) is 0 Å². The first-order chi connectivity index (χ1) is 11.4. The van der Waals surface area contributed by atoms with Crippen molar-refractivity contribution in [1.82, 2.24) is 0 Å². The predicted molar refractivity (Wildman–Crippen MR) is 91.6 cm³/mol. The Morgan fingerprint density at radius 2 is 1.75 bits per heavy atom. The van der Waals surface area contributed by atoms with Crippen molar-refractivity contribution in [3.8, 4) is 0 Å². The number of aliphatic hydroxyl groups is 4. The van der Waals surface area contributed by atoms with Gasteiger partial charge in [0.05, 0.1) is 18.3 Å². The number of hydrogen-bond donors (Lipinski definition) is 4. The monoisotopic (exact) mass is 348 g/mol. The van der Waals surface area contributed by atoms with E-state index in [4.69, 9.17) is 9.47 Å². The molecule has 0 radical (unpaired) electrons. The van der Waals surface area contributed by atoms with Crippen LogP contribution in [0.2, 0.25) is 0 Å². The van der Waals surface area contributed by atoms with E-state index in [-0.39, 0.29) is 31.2 Å². The molecule has 0 aromatic heterocycles. The summed E-state index contributed by atoms with van der Waals surface area (Å²) >= 11 is 0. The molecule has 0 heterocycles. The van der Waals surface area contributed by atoms with Crippen LogP contribution in [0.5, 0.6) is 0 Å². The van der Waals surface area contributed by atoms with E-state index in [9.17, 15) is 20.4 Å². The molecule has 1 rings (SSSR count). The Kier molecular flexibility index (Phi) is 9.71. The van der Waals surface area contributed by atoms with Crippen LogP contribution in [-0.2, 0) is 9.47 Å². The van der Waals surface area contributed by atoms with Gasteiger partial charge in [-0.15, -0.1) is 0 Å². The summed E-state index contributed by atoms with van der Waals surface area (Å²) in [6, 6.07) is 0. The van der Waals surface area contributed by atoms with Crippen LogP contribution < -0.4 is 0 Å². The average molecular weight is 348 g/mol. The lowest BCUT2D eigenvalue weighted by molar-refractivity contribution is -0.203. The molecule has 6 heteroatoms. The quantitative estimate of drug-likeness (QED) is 0.469. The SMILES string of the molecule is CCC(CC(CO)C(C)CC)OC1C(CO)CC(OC)C(O)C1O. The first-order valence-electron chi connectivity index (χ1n) is 9.19. The third-order valence-electron chi connectivity index (χ3n) is 5.66. The van der Waals surface area contributed by atoms with Crippen LogP contribution in [0.15, 0.2) is 0 Å². The maximum atomic E-state index is 10.4. The Morgan fingerprint density at radius 1 is 1.08 bits per heavy atom. The van der Waals surface area contributed by atoms with Gasteiger partial charge in [0.1, 0.15) is 12.2 Å². The van der Waals surface area contributed by atoms with Crippen LogP contribution in [0.1, 0.15) is 46.5 Å². The molecular weight excluding hydrogens is 312 g/mol. The summed E-state index contributed by atoms with van der Waals surface area (Å²) in [6.45, 7) is 6.21. The van der Waals surface area contributed by atoms with E-state index in [1.807, 2.05) is 6.92 Å². The van der Waals surface area contributed by atoms with Crippen molar-refractivity contribution in [2.45, 2.75) is 77.0 Å². The standard InChI is InChI=1S/C18H36O6/c1-5-11(3)12(9-19)7-14(6-2)24-18-13(10-20)8-15(23-4)16(21)17(18)22/h11-22H,5-10H2,1-4H3. The van der Waals surface area contributed by atoms with Crippen LogP contribution in [0.25, 0.3) is 0 Å². The lowest BCUT2D eigenvalue weighted by Crippen LogP contribution is -2.56. The number of rotatable bonds is 10. The predicted octanol–water partition coefficient (Wildman–Crippen LogP) is 0.944. The first-order valence-corrected chi connectivity index (χ1v) is 9.19. The molecule has 6 nitrogen and oxygen atoms in total. The van der Waals surface area contributed by atoms with E-state index in [1.54, 1.807) is 0 Å². The van der Waals surface area contributed by atoms with Gasteiger partial charge in [0.15, 0.2) is 0 Å². The maximum Gasteiger partial charge on any atom is 0.109 e. The minimum Gasteiger partial charge on any atom is -0.396 e. The van der Waals surface area contributed by atoms with Gasteiger partial charge in [-0.05, 0) is 31.1 Å². The maximum absolute atomic E-state index is 10.4. The second-order valence-corrected chi connectivity index (χ2v) is 7.13. The topological polar surface area (TPSA) is 99.4 Å². The Hall–Kier alpha value is -0.240. The van der Waals surface area contributed by atoms with Gasteiger partial charge in [-0.25, -0.2) is 0 Å². The molecular formula is C18H36O6. The second kappa shape index (κ2) is 10.7. The Morgan fingerprint density at radius 3 is 2.21 bits per heavy atom. The average Bonchev–Trinajstić information content (AvgIpc) is 2.61. The lowest BCUT2D eigenvalue weighted by Gasteiger charge is -2.43. The van der Waals surface area contributed by atoms with Crippen LogP contribution in [0.3, 0.4) is 0 Å². The summed E-state index contributed by atoms with van der Waals surface area (Å²) in [5.41, 5.74) is 0. The van der Waals surface area contributed by atoms with Gasteiger partial charge in [0, 0.05) is 26.2 Å². The van der Waals surface area contributed by atoms with Gasteiger partial charge in [-0.2, -0.15) is 0 Å². The minimum absolute atomic E-state index is 0.111. The highest BCUT2D eigenvalue weighted by Gasteiger charge is 2.45. The fraction of sp³-hybridized carbons (Fsp3) is 1.00. The molecule has 0 spiro atoms. The fourth-order valence-electron chi connectivity index (χ4n) is 3.57. The fourth-order valence-corrected chi connectivity index (χ4v) is 3.57. The van der Waals surface area contributed by atoms with Crippen LogP contribution in [0.4, 0.5) is 0 Å². The highest BCUT2D eigenvalue weighted by atomic mass is 16.5. The van der Waals surface area contributed by atoms with Crippen molar-refractivity contribution in [3.63, 3.8) is 0 Å².